The zero-order chi connectivity index (χ0) is 15.0. The average molecular weight is 285 g/mol. The molecule has 0 aliphatic heterocycles. The maximum absolute atomic E-state index is 14.0. The second-order valence-electron chi connectivity index (χ2n) is 4.86. The Balaban J connectivity index is 2.24. The van der Waals surface area contributed by atoms with Gasteiger partial charge in [-0.2, -0.15) is 5.10 Å². The van der Waals surface area contributed by atoms with Gasteiger partial charge in [-0.3, -0.25) is 5.10 Å². The second-order valence-corrected chi connectivity index (χ2v) is 4.86. The zero-order valence-corrected chi connectivity index (χ0v) is 11.3. The highest BCUT2D eigenvalue weighted by Crippen LogP contribution is 2.36. The number of aryl methyl sites for hydroxylation is 1. The lowest BCUT2D eigenvalue weighted by Crippen LogP contribution is -1.92. The van der Waals surface area contributed by atoms with E-state index in [-0.39, 0.29) is 11.6 Å². The van der Waals surface area contributed by atoms with Gasteiger partial charge in [-0.05, 0) is 36.8 Å². The molecule has 0 saturated carbocycles. The van der Waals surface area contributed by atoms with Crippen LogP contribution in [0.5, 0.6) is 0 Å². The van der Waals surface area contributed by atoms with Crippen molar-refractivity contribution in [2.45, 2.75) is 6.92 Å². The van der Waals surface area contributed by atoms with Gasteiger partial charge in [0, 0.05) is 11.1 Å². The van der Waals surface area contributed by atoms with Gasteiger partial charge in [-0.15, -0.1) is 0 Å². The topological polar surface area (TPSA) is 54.7 Å². The maximum Gasteiger partial charge on any atom is 0.153 e. The summed E-state index contributed by atoms with van der Waals surface area (Å²) >= 11 is 0. The molecule has 0 saturated heterocycles. The van der Waals surface area contributed by atoms with Crippen LogP contribution in [-0.2, 0) is 0 Å². The minimum Gasteiger partial charge on any atom is -0.382 e. The summed E-state index contributed by atoms with van der Waals surface area (Å²) < 4.78 is 27.6. The number of aromatic amines is 1. The minimum absolute atomic E-state index is 0.178. The molecule has 1 aromatic heterocycles. The number of aromatic nitrogens is 2. The third-order valence-corrected chi connectivity index (χ3v) is 3.27. The molecule has 106 valence electrons. The van der Waals surface area contributed by atoms with E-state index >= 15 is 0 Å². The summed E-state index contributed by atoms with van der Waals surface area (Å²) in [4.78, 5) is 0. The molecule has 0 atom stereocenters. The SMILES string of the molecule is Cc1cc(F)cc(-c2[nH]nc(N)c2-c2ccccc2F)c1. The Kier molecular flexibility index (Phi) is 3.17. The Hall–Kier alpha value is -2.69. The first kappa shape index (κ1) is 13.3. The first-order valence-electron chi connectivity index (χ1n) is 6.42. The van der Waals surface area contributed by atoms with Crippen LogP contribution in [0.15, 0.2) is 42.5 Å². The molecule has 0 aliphatic carbocycles. The molecule has 0 aliphatic rings. The summed E-state index contributed by atoms with van der Waals surface area (Å²) in [6, 6.07) is 10.9. The van der Waals surface area contributed by atoms with Gasteiger partial charge in [0.25, 0.3) is 0 Å². The summed E-state index contributed by atoms with van der Waals surface area (Å²) in [7, 11) is 0. The van der Waals surface area contributed by atoms with E-state index in [4.69, 9.17) is 5.73 Å². The van der Waals surface area contributed by atoms with Crippen molar-refractivity contribution < 1.29 is 8.78 Å². The van der Waals surface area contributed by atoms with Gasteiger partial charge in [0.15, 0.2) is 5.82 Å². The number of nitrogen functional groups attached to an aromatic ring is 1. The number of hydrogen-bond donors (Lipinski definition) is 2. The van der Waals surface area contributed by atoms with Crippen molar-refractivity contribution in [1.82, 2.24) is 10.2 Å². The average Bonchev–Trinajstić information content (AvgIpc) is 2.80. The van der Waals surface area contributed by atoms with E-state index in [0.29, 0.717) is 22.4 Å². The summed E-state index contributed by atoms with van der Waals surface area (Å²) in [5.74, 6) is -0.588. The molecule has 1 heterocycles. The summed E-state index contributed by atoms with van der Waals surface area (Å²) in [5.41, 5.74) is 8.47. The number of nitrogens with one attached hydrogen (secondary N) is 1. The van der Waals surface area contributed by atoms with Gasteiger partial charge < -0.3 is 5.73 Å². The van der Waals surface area contributed by atoms with Crippen LogP contribution in [-0.4, -0.2) is 10.2 Å². The lowest BCUT2D eigenvalue weighted by Gasteiger charge is -2.07. The van der Waals surface area contributed by atoms with E-state index in [1.165, 1.54) is 18.2 Å². The van der Waals surface area contributed by atoms with Gasteiger partial charge in [0.2, 0.25) is 0 Å². The quantitative estimate of drug-likeness (QED) is 0.750. The summed E-state index contributed by atoms with van der Waals surface area (Å²) in [6.07, 6.45) is 0. The smallest absolute Gasteiger partial charge is 0.153 e. The summed E-state index contributed by atoms with van der Waals surface area (Å²) in [5, 5.41) is 6.70. The van der Waals surface area contributed by atoms with Crippen LogP contribution in [0.1, 0.15) is 5.56 Å². The number of benzene rings is 2. The molecule has 0 amide bonds. The molecule has 3 N–H and O–H groups in total. The minimum atomic E-state index is -0.403. The lowest BCUT2D eigenvalue weighted by molar-refractivity contribution is 0.627. The van der Waals surface area contributed by atoms with E-state index in [1.807, 2.05) is 0 Å². The number of halogens is 2. The number of H-pyrrole nitrogens is 1. The van der Waals surface area contributed by atoms with Crippen molar-refractivity contribution >= 4 is 5.82 Å². The lowest BCUT2D eigenvalue weighted by atomic mass is 9.99. The molecule has 0 unspecified atom stereocenters. The van der Waals surface area contributed by atoms with Gasteiger partial charge >= 0.3 is 0 Å². The van der Waals surface area contributed by atoms with Crippen LogP contribution in [0.25, 0.3) is 22.4 Å². The molecular formula is C16H13F2N3. The van der Waals surface area contributed by atoms with Crippen LogP contribution in [0.4, 0.5) is 14.6 Å². The standard InChI is InChI=1S/C16H13F2N3/c1-9-6-10(8-11(17)7-9)15-14(16(19)21-20-15)12-4-2-3-5-13(12)18/h2-8H,1H3,(H3,19,20,21). The van der Waals surface area contributed by atoms with Crippen molar-refractivity contribution in [3.05, 3.63) is 59.7 Å². The molecule has 3 aromatic rings. The first-order valence-corrected chi connectivity index (χ1v) is 6.42. The Morgan fingerprint density at radius 1 is 1.10 bits per heavy atom. The van der Waals surface area contributed by atoms with Gasteiger partial charge in [-0.25, -0.2) is 8.78 Å². The maximum atomic E-state index is 14.0. The molecule has 0 bridgehead atoms. The van der Waals surface area contributed by atoms with E-state index < -0.39 is 5.82 Å². The predicted octanol–water partition coefficient (Wildman–Crippen LogP) is 3.91. The monoisotopic (exact) mass is 285 g/mol. The van der Waals surface area contributed by atoms with Crippen molar-refractivity contribution in [2.24, 2.45) is 0 Å². The number of nitrogens with two attached hydrogens (primary N) is 1. The fourth-order valence-corrected chi connectivity index (χ4v) is 2.38. The van der Waals surface area contributed by atoms with E-state index in [0.717, 1.165) is 5.56 Å². The molecule has 3 nitrogen and oxygen atoms in total. The van der Waals surface area contributed by atoms with Crippen molar-refractivity contribution in [1.29, 1.82) is 0 Å². The molecule has 5 heteroatoms. The Labute approximate surface area is 120 Å². The van der Waals surface area contributed by atoms with Crippen LogP contribution in [0, 0.1) is 18.6 Å². The summed E-state index contributed by atoms with van der Waals surface area (Å²) in [6.45, 7) is 1.79. The van der Waals surface area contributed by atoms with Gasteiger partial charge in [0.05, 0.1) is 11.3 Å². The number of hydrogen-bond acceptors (Lipinski definition) is 2. The van der Waals surface area contributed by atoms with Gasteiger partial charge in [0.1, 0.15) is 11.6 Å². The molecule has 21 heavy (non-hydrogen) atoms. The number of anilines is 1. The van der Waals surface area contributed by atoms with Gasteiger partial charge in [-0.1, -0.05) is 18.2 Å². The van der Waals surface area contributed by atoms with Crippen LogP contribution < -0.4 is 5.73 Å². The van der Waals surface area contributed by atoms with Crippen LogP contribution in [0.3, 0.4) is 0 Å². The largest absolute Gasteiger partial charge is 0.382 e. The fraction of sp³-hybridized carbons (Fsp3) is 0.0625. The molecule has 3 rings (SSSR count). The zero-order valence-electron chi connectivity index (χ0n) is 11.3. The predicted molar refractivity (Wildman–Crippen MR) is 78.5 cm³/mol. The molecule has 0 radical (unpaired) electrons. The Morgan fingerprint density at radius 3 is 2.57 bits per heavy atom. The third kappa shape index (κ3) is 2.38. The molecule has 0 fully saturated rings. The van der Waals surface area contributed by atoms with E-state index in [2.05, 4.69) is 10.2 Å². The van der Waals surface area contributed by atoms with Crippen LogP contribution in [0.2, 0.25) is 0 Å². The Morgan fingerprint density at radius 2 is 1.86 bits per heavy atom. The van der Waals surface area contributed by atoms with Crippen molar-refractivity contribution in [2.75, 3.05) is 5.73 Å². The number of rotatable bonds is 2. The highest BCUT2D eigenvalue weighted by Gasteiger charge is 2.18. The second kappa shape index (κ2) is 5.01. The van der Waals surface area contributed by atoms with Crippen molar-refractivity contribution in [3.63, 3.8) is 0 Å². The Bertz CT molecular complexity index is 789. The third-order valence-electron chi connectivity index (χ3n) is 3.27. The van der Waals surface area contributed by atoms with Crippen molar-refractivity contribution in [3.8, 4) is 22.4 Å². The number of nitrogens with zero attached hydrogens (tertiary/aromatic N) is 1. The molecule has 0 spiro atoms. The highest BCUT2D eigenvalue weighted by molar-refractivity contribution is 5.88. The normalized spacial score (nSPS) is 10.8. The van der Waals surface area contributed by atoms with E-state index in [1.54, 1.807) is 31.2 Å². The molecular weight excluding hydrogens is 272 g/mol. The fourth-order valence-electron chi connectivity index (χ4n) is 2.38. The first-order chi connectivity index (χ1) is 10.1. The van der Waals surface area contributed by atoms with E-state index in [9.17, 15) is 8.78 Å². The van der Waals surface area contributed by atoms with Crippen LogP contribution >= 0.6 is 0 Å². The molecule has 2 aromatic carbocycles. The highest BCUT2D eigenvalue weighted by atomic mass is 19.1.